The van der Waals surface area contributed by atoms with Crippen LogP contribution in [-0.2, 0) is 0 Å². The minimum absolute atomic E-state index is 0.106. The zero-order valence-corrected chi connectivity index (χ0v) is 5.75. The van der Waals surface area contributed by atoms with Gasteiger partial charge in [0.1, 0.15) is 0 Å². The van der Waals surface area contributed by atoms with Gasteiger partial charge in [-0.05, 0) is 4.91 Å². The van der Waals surface area contributed by atoms with E-state index >= 15 is 0 Å². The predicted octanol–water partition coefficient (Wildman–Crippen LogP) is 1.03. The number of hydrogen-bond acceptors (Lipinski definition) is 3. The molecule has 0 aliphatic rings. The van der Waals surface area contributed by atoms with Crippen molar-refractivity contribution < 1.29 is 0 Å². The SMILES string of the molecule is C=C(S)CC(N)S. The Hall–Kier alpha value is 0.400. The normalized spacial score (nSPS) is 13.6. The first-order valence-electron chi connectivity index (χ1n) is 1.93. The van der Waals surface area contributed by atoms with Gasteiger partial charge in [0.25, 0.3) is 0 Å². The molecule has 1 unspecified atom stereocenters. The van der Waals surface area contributed by atoms with Crippen molar-refractivity contribution in [3.63, 3.8) is 0 Å². The van der Waals surface area contributed by atoms with E-state index in [2.05, 4.69) is 31.8 Å². The maximum absolute atomic E-state index is 5.25. The quantitative estimate of drug-likeness (QED) is 0.383. The molecule has 0 heterocycles. The van der Waals surface area contributed by atoms with E-state index in [4.69, 9.17) is 5.73 Å². The monoisotopic (exact) mass is 135 g/mol. The number of hydrogen-bond donors (Lipinski definition) is 3. The third-order valence-electron chi connectivity index (χ3n) is 0.445. The van der Waals surface area contributed by atoms with Crippen LogP contribution in [0.15, 0.2) is 11.5 Å². The summed E-state index contributed by atoms with van der Waals surface area (Å²) in [7, 11) is 0. The molecule has 0 aliphatic heterocycles. The molecular formula is C4H9NS2. The van der Waals surface area contributed by atoms with Crippen molar-refractivity contribution in [1.82, 2.24) is 0 Å². The van der Waals surface area contributed by atoms with Crippen LogP contribution >= 0.6 is 25.3 Å². The summed E-state index contributed by atoms with van der Waals surface area (Å²) in [5.41, 5.74) is 5.25. The van der Waals surface area contributed by atoms with Gasteiger partial charge in [-0.2, -0.15) is 12.6 Å². The summed E-state index contributed by atoms with van der Waals surface area (Å²) < 4.78 is 0. The average molecular weight is 135 g/mol. The van der Waals surface area contributed by atoms with Crippen LogP contribution in [0.3, 0.4) is 0 Å². The van der Waals surface area contributed by atoms with Gasteiger partial charge >= 0.3 is 0 Å². The highest BCUT2D eigenvalue weighted by Gasteiger charge is 1.91. The maximum Gasteiger partial charge on any atom is 0.0523 e. The van der Waals surface area contributed by atoms with Gasteiger partial charge in [0.2, 0.25) is 0 Å². The van der Waals surface area contributed by atoms with Gasteiger partial charge in [-0.15, -0.1) is 12.6 Å². The smallest absolute Gasteiger partial charge is 0.0523 e. The summed E-state index contributed by atoms with van der Waals surface area (Å²) in [6.45, 7) is 3.53. The first kappa shape index (κ1) is 7.40. The van der Waals surface area contributed by atoms with Crippen LogP contribution in [0.25, 0.3) is 0 Å². The fourth-order valence-corrected chi connectivity index (χ4v) is 0.803. The van der Waals surface area contributed by atoms with Crippen LogP contribution in [0.2, 0.25) is 0 Å². The predicted molar refractivity (Wildman–Crippen MR) is 39.7 cm³/mol. The molecular weight excluding hydrogens is 126 g/mol. The minimum atomic E-state index is -0.106. The van der Waals surface area contributed by atoms with Gasteiger partial charge < -0.3 is 5.73 Å². The second-order valence-electron chi connectivity index (χ2n) is 1.34. The lowest BCUT2D eigenvalue weighted by Gasteiger charge is -1.98. The molecule has 0 rings (SSSR count). The van der Waals surface area contributed by atoms with Gasteiger partial charge in [-0.25, -0.2) is 0 Å². The molecule has 0 spiro atoms. The van der Waals surface area contributed by atoms with E-state index in [1.54, 1.807) is 0 Å². The summed E-state index contributed by atoms with van der Waals surface area (Å²) in [4.78, 5) is 0.780. The third-order valence-corrected chi connectivity index (χ3v) is 0.810. The van der Waals surface area contributed by atoms with Crippen molar-refractivity contribution in [1.29, 1.82) is 0 Å². The second kappa shape index (κ2) is 3.41. The Kier molecular flexibility index (Phi) is 3.60. The van der Waals surface area contributed by atoms with Crippen molar-refractivity contribution in [3.8, 4) is 0 Å². The molecule has 0 aromatic rings. The summed E-state index contributed by atoms with van der Waals surface area (Å²) in [6.07, 6.45) is 0.673. The largest absolute Gasteiger partial charge is 0.319 e. The molecule has 0 saturated carbocycles. The van der Waals surface area contributed by atoms with Crippen LogP contribution in [-0.4, -0.2) is 5.37 Å². The Balaban J connectivity index is 3.13. The van der Waals surface area contributed by atoms with Crippen molar-refractivity contribution in [2.75, 3.05) is 0 Å². The Bertz CT molecular complexity index is 70.1. The Morgan fingerprint density at radius 3 is 2.29 bits per heavy atom. The molecule has 1 atom stereocenters. The lowest BCUT2D eigenvalue weighted by atomic mass is 10.4. The van der Waals surface area contributed by atoms with E-state index in [1.165, 1.54) is 0 Å². The Morgan fingerprint density at radius 1 is 1.86 bits per heavy atom. The zero-order chi connectivity index (χ0) is 5.86. The molecule has 7 heavy (non-hydrogen) atoms. The standard InChI is InChI=1S/C4H9NS2/c1-3(6)2-4(5)7/h4,6-7H,1-2,5H2. The lowest BCUT2D eigenvalue weighted by molar-refractivity contribution is 0.936. The van der Waals surface area contributed by atoms with Crippen LogP contribution in [0.5, 0.6) is 0 Å². The molecule has 0 aromatic carbocycles. The highest BCUT2D eigenvalue weighted by Crippen LogP contribution is 2.05. The Morgan fingerprint density at radius 2 is 2.29 bits per heavy atom. The van der Waals surface area contributed by atoms with Crippen LogP contribution in [0.4, 0.5) is 0 Å². The second-order valence-corrected chi connectivity index (χ2v) is 2.63. The van der Waals surface area contributed by atoms with Gasteiger partial charge in [-0.1, -0.05) is 6.58 Å². The first-order valence-corrected chi connectivity index (χ1v) is 2.89. The van der Waals surface area contributed by atoms with E-state index < -0.39 is 0 Å². The summed E-state index contributed by atoms with van der Waals surface area (Å²) in [5, 5.41) is -0.106. The molecule has 0 aromatic heterocycles. The molecule has 0 radical (unpaired) electrons. The van der Waals surface area contributed by atoms with Gasteiger partial charge in [0.15, 0.2) is 0 Å². The van der Waals surface area contributed by atoms with Gasteiger partial charge in [0, 0.05) is 6.42 Å². The summed E-state index contributed by atoms with van der Waals surface area (Å²) in [6, 6.07) is 0. The Labute approximate surface area is 54.8 Å². The highest BCUT2D eigenvalue weighted by molar-refractivity contribution is 7.84. The average Bonchev–Trinajstić information content (AvgIpc) is 1.27. The van der Waals surface area contributed by atoms with E-state index in [9.17, 15) is 0 Å². The van der Waals surface area contributed by atoms with Crippen molar-refractivity contribution in [3.05, 3.63) is 11.5 Å². The van der Waals surface area contributed by atoms with Crippen LogP contribution in [0.1, 0.15) is 6.42 Å². The van der Waals surface area contributed by atoms with E-state index in [0.717, 1.165) is 4.91 Å². The molecule has 0 aliphatic carbocycles. The number of thiol groups is 2. The molecule has 0 bridgehead atoms. The summed E-state index contributed by atoms with van der Waals surface area (Å²) in [5.74, 6) is 0. The lowest BCUT2D eigenvalue weighted by Crippen LogP contribution is -2.10. The zero-order valence-electron chi connectivity index (χ0n) is 3.96. The maximum atomic E-state index is 5.25. The van der Waals surface area contributed by atoms with E-state index in [0.29, 0.717) is 6.42 Å². The van der Waals surface area contributed by atoms with Gasteiger partial charge in [0.05, 0.1) is 5.37 Å². The molecule has 2 N–H and O–H groups in total. The number of nitrogens with two attached hydrogens (primary N) is 1. The topological polar surface area (TPSA) is 26.0 Å². The highest BCUT2D eigenvalue weighted by atomic mass is 32.1. The minimum Gasteiger partial charge on any atom is -0.319 e. The fraction of sp³-hybridized carbons (Fsp3) is 0.500. The molecule has 0 amide bonds. The molecule has 0 fully saturated rings. The molecule has 42 valence electrons. The van der Waals surface area contributed by atoms with Crippen LogP contribution in [0, 0.1) is 0 Å². The van der Waals surface area contributed by atoms with E-state index in [-0.39, 0.29) is 5.37 Å². The molecule has 0 saturated heterocycles. The van der Waals surface area contributed by atoms with Crippen molar-refractivity contribution in [2.24, 2.45) is 5.73 Å². The van der Waals surface area contributed by atoms with Crippen LogP contribution < -0.4 is 5.73 Å². The van der Waals surface area contributed by atoms with Gasteiger partial charge in [-0.3, -0.25) is 0 Å². The number of rotatable bonds is 2. The van der Waals surface area contributed by atoms with E-state index in [1.807, 2.05) is 0 Å². The third kappa shape index (κ3) is 6.40. The van der Waals surface area contributed by atoms with Crippen molar-refractivity contribution >= 4 is 25.3 Å². The first-order chi connectivity index (χ1) is 3.13. The fourth-order valence-electron chi connectivity index (χ4n) is 0.241. The molecule has 1 nitrogen and oxygen atoms in total. The summed E-state index contributed by atoms with van der Waals surface area (Å²) >= 11 is 7.82. The van der Waals surface area contributed by atoms with Crippen molar-refractivity contribution in [2.45, 2.75) is 11.8 Å². The molecule has 3 heteroatoms.